The number of hydrogen-bond donors (Lipinski definition) is 0. The van der Waals surface area contributed by atoms with Crippen LogP contribution in [0.25, 0.3) is 20.4 Å². The smallest absolute Gasteiger partial charge is 0.158 e. The fraction of sp³-hybridized carbons (Fsp3) is 0.333. The van der Waals surface area contributed by atoms with Gasteiger partial charge in [0.05, 0.1) is 20.4 Å². The molecule has 0 N–H and O–H groups in total. The van der Waals surface area contributed by atoms with Gasteiger partial charge in [-0.25, -0.2) is 9.97 Å². The molecule has 0 bridgehead atoms. The molecule has 2 aromatic carbocycles. The van der Waals surface area contributed by atoms with Crippen molar-refractivity contribution in [2.75, 3.05) is 26.2 Å². The molecule has 0 spiro atoms. The summed E-state index contributed by atoms with van der Waals surface area (Å²) in [5, 5.41) is 0. The summed E-state index contributed by atoms with van der Waals surface area (Å²) in [6, 6.07) is 12.5. The number of aromatic nitrogens is 2. The third kappa shape index (κ3) is 4.93. The standard InChI is InChI=1S/C24H26N4S5/c1-5-27(6-2)21(29)15-11-9-13-17-19(15)25-23(31-17)33-24-26-20-16(12-10-14-18(20)32-24)22(30)28(7-3)8-4/h9-14H,5-8H2,1-4H3. The van der Waals surface area contributed by atoms with E-state index in [1.807, 2.05) is 0 Å². The maximum Gasteiger partial charge on any atom is 0.158 e. The molecule has 2 aromatic heterocycles. The van der Waals surface area contributed by atoms with E-state index >= 15 is 0 Å². The molecule has 0 unspecified atom stereocenters. The van der Waals surface area contributed by atoms with E-state index in [1.165, 1.54) is 0 Å². The van der Waals surface area contributed by atoms with E-state index in [1.54, 1.807) is 34.4 Å². The molecule has 33 heavy (non-hydrogen) atoms. The summed E-state index contributed by atoms with van der Waals surface area (Å²) < 4.78 is 4.25. The predicted octanol–water partition coefficient (Wildman–Crippen LogP) is 7.09. The van der Waals surface area contributed by atoms with Gasteiger partial charge in [0, 0.05) is 37.3 Å². The topological polar surface area (TPSA) is 32.3 Å². The highest BCUT2D eigenvalue weighted by Gasteiger charge is 2.18. The molecule has 0 amide bonds. The highest BCUT2D eigenvalue weighted by molar-refractivity contribution is 8.02. The second kappa shape index (κ2) is 10.7. The Morgan fingerprint density at radius 1 is 0.727 bits per heavy atom. The summed E-state index contributed by atoms with van der Waals surface area (Å²) in [4.78, 5) is 16.0. The number of benzene rings is 2. The predicted molar refractivity (Wildman–Crippen MR) is 153 cm³/mol. The van der Waals surface area contributed by atoms with Gasteiger partial charge in [-0.05, 0) is 63.7 Å². The molecule has 0 aliphatic rings. The lowest BCUT2D eigenvalue weighted by Crippen LogP contribution is -2.29. The minimum atomic E-state index is 0.863. The van der Waals surface area contributed by atoms with Crippen LogP contribution in [0, 0.1) is 0 Å². The number of fused-ring (bicyclic) bond motifs is 2. The molecule has 0 saturated heterocycles. The minimum absolute atomic E-state index is 0.863. The number of rotatable bonds is 8. The zero-order valence-corrected chi connectivity index (χ0v) is 23.2. The largest absolute Gasteiger partial charge is 0.363 e. The first-order valence-electron chi connectivity index (χ1n) is 11.1. The number of para-hydroxylation sites is 2. The third-order valence-corrected chi connectivity index (χ3v) is 9.65. The van der Waals surface area contributed by atoms with Crippen LogP contribution in [-0.4, -0.2) is 55.9 Å². The second-order valence-electron chi connectivity index (χ2n) is 7.32. The third-order valence-electron chi connectivity index (χ3n) is 5.54. The fourth-order valence-electron chi connectivity index (χ4n) is 3.73. The van der Waals surface area contributed by atoms with Crippen LogP contribution in [0.3, 0.4) is 0 Å². The van der Waals surface area contributed by atoms with Crippen molar-refractivity contribution in [2.24, 2.45) is 0 Å². The van der Waals surface area contributed by atoms with Crippen LogP contribution < -0.4 is 0 Å². The van der Waals surface area contributed by atoms with Gasteiger partial charge in [-0.1, -0.05) is 36.6 Å². The van der Waals surface area contributed by atoms with Crippen molar-refractivity contribution in [3.8, 4) is 0 Å². The van der Waals surface area contributed by atoms with Crippen LogP contribution >= 0.6 is 58.9 Å². The highest BCUT2D eigenvalue weighted by Crippen LogP contribution is 2.39. The Morgan fingerprint density at radius 2 is 1.12 bits per heavy atom. The van der Waals surface area contributed by atoms with Crippen LogP contribution in [0.15, 0.2) is 45.1 Å². The Hall–Kier alpha value is -1.65. The maximum absolute atomic E-state index is 5.79. The SMILES string of the molecule is CCN(CC)C(=S)c1cccc2sc(Sc3nc4c(C(=S)N(CC)CC)cccc4s3)nc12. The van der Waals surface area contributed by atoms with Crippen molar-refractivity contribution < 1.29 is 0 Å². The molecule has 0 atom stereocenters. The number of nitrogens with zero attached hydrogens (tertiary/aromatic N) is 4. The molecule has 0 saturated carbocycles. The summed E-state index contributed by atoms with van der Waals surface area (Å²) in [6.45, 7) is 12.1. The second-order valence-corrected chi connectivity index (χ2v) is 11.7. The maximum atomic E-state index is 5.79. The van der Waals surface area contributed by atoms with Gasteiger partial charge in [-0.2, -0.15) is 0 Å². The number of hydrogen-bond acceptors (Lipinski definition) is 7. The van der Waals surface area contributed by atoms with E-state index in [0.717, 1.165) is 76.4 Å². The van der Waals surface area contributed by atoms with E-state index in [0.29, 0.717) is 0 Å². The zero-order valence-electron chi connectivity index (χ0n) is 19.1. The molecule has 0 radical (unpaired) electrons. The molecule has 2 heterocycles. The summed E-state index contributed by atoms with van der Waals surface area (Å²) in [6.07, 6.45) is 0. The Labute approximate surface area is 218 Å². The lowest BCUT2D eigenvalue weighted by Gasteiger charge is -2.21. The summed E-state index contributed by atoms with van der Waals surface area (Å²) in [7, 11) is 0. The van der Waals surface area contributed by atoms with Crippen molar-refractivity contribution in [3.05, 3.63) is 47.5 Å². The first-order valence-corrected chi connectivity index (χ1v) is 14.3. The molecular weight excluding hydrogens is 505 g/mol. The van der Waals surface area contributed by atoms with E-state index in [4.69, 9.17) is 34.4 Å². The lowest BCUT2D eigenvalue weighted by molar-refractivity contribution is 0.475. The normalized spacial score (nSPS) is 11.3. The van der Waals surface area contributed by atoms with E-state index in [2.05, 4.69) is 73.9 Å². The Bertz CT molecular complexity index is 1200. The van der Waals surface area contributed by atoms with Crippen molar-refractivity contribution >= 4 is 89.3 Å². The van der Waals surface area contributed by atoms with Crippen molar-refractivity contribution in [1.29, 1.82) is 0 Å². The Kier molecular flexibility index (Phi) is 7.96. The first-order chi connectivity index (χ1) is 16.0. The van der Waals surface area contributed by atoms with Gasteiger partial charge in [-0.3, -0.25) is 0 Å². The van der Waals surface area contributed by atoms with Crippen LogP contribution in [0.4, 0.5) is 0 Å². The fourth-order valence-corrected chi connectivity index (χ4v) is 7.95. The van der Waals surface area contributed by atoms with Crippen molar-refractivity contribution in [2.45, 2.75) is 36.4 Å². The summed E-state index contributed by atoms with van der Waals surface area (Å²) in [5.74, 6) is 0. The molecule has 172 valence electrons. The quantitative estimate of drug-likeness (QED) is 0.225. The summed E-state index contributed by atoms with van der Waals surface area (Å²) >= 11 is 16.6. The first kappa shape index (κ1) is 24.5. The zero-order chi connectivity index (χ0) is 23.5. The van der Waals surface area contributed by atoms with Gasteiger partial charge in [0.2, 0.25) is 0 Å². The minimum Gasteiger partial charge on any atom is -0.363 e. The Balaban J connectivity index is 1.67. The van der Waals surface area contributed by atoms with Gasteiger partial charge < -0.3 is 9.80 Å². The van der Waals surface area contributed by atoms with Gasteiger partial charge in [-0.15, -0.1) is 22.7 Å². The molecule has 4 rings (SSSR count). The van der Waals surface area contributed by atoms with Crippen LogP contribution in [-0.2, 0) is 0 Å². The lowest BCUT2D eigenvalue weighted by atomic mass is 10.2. The molecule has 9 heteroatoms. The number of thiocarbonyl (C=S) groups is 2. The monoisotopic (exact) mass is 530 g/mol. The van der Waals surface area contributed by atoms with Gasteiger partial charge >= 0.3 is 0 Å². The van der Waals surface area contributed by atoms with Crippen LogP contribution in [0.5, 0.6) is 0 Å². The van der Waals surface area contributed by atoms with E-state index in [-0.39, 0.29) is 0 Å². The summed E-state index contributed by atoms with van der Waals surface area (Å²) in [5.41, 5.74) is 4.02. The molecule has 0 aliphatic heterocycles. The molecule has 0 fully saturated rings. The van der Waals surface area contributed by atoms with Gasteiger partial charge in [0.1, 0.15) is 9.98 Å². The molecule has 4 nitrogen and oxygen atoms in total. The highest BCUT2D eigenvalue weighted by atomic mass is 32.2. The van der Waals surface area contributed by atoms with E-state index < -0.39 is 0 Å². The molecule has 0 aliphatic carbocycles. The van der Waals surface area contributed by atoms with Crippen molar-refractivity contribution in [3.63, 3.8) is 0 Å². The molecule has 4 aromatic rings. The van der Waals surface area contributed by atoms with Crippen molar-refractivity contribution in [1.82, 2.24) is 19.8 Å². The van der Waals surface area contributed by atoms with Gasteiger partial charge in [0.15, 0.2) is 8.68 Å². The number of thiazole rings is 2. The van der Waals surface area contributed by atoms with Crippen LogP contribution in [0.2, 0.25) is 0 Å². The average molecular weight is 531 g/mol. The Morgan fingerprint density at radius 3 is 1.48 bits per heavy atom. The van der Waals surface area contributed by atoms with Gasteiger partial charge in [0.25, 0.3) is 0 Å². The van der Waals surface area contributed by atoms with Crippen LogP contribution in [0.1, 0.15) is 38.8 Å². The average Bonchev–Trinajstić information content (AvgIpc) is 3.43. The van der Waals surface area contributed by atoms with E-state index in [9.17, 15) is 0 Å². The molecular formula is C24H26N4S5.